The van der Waals surface area contributed by atoms with Crippen LogP contribution in [0.2, 0.25) is 0 Å². The summed E-state index contributed by atoms with van der Waals surface area (Å²) in [5.74, 6) is 0. The monoisotopic (exact) mass is 377 g/mol. The van der Waals surface area contributed by atoms with Gasteiger partial charge in [-0.15, -0.1) is 0 Å². The number of piperazine rings is 1. The molecular weight excluding hydrogens is 346 g/mol. The molecule has 4 nitrogen and oxygen atoms in total. The van der Waals surface area contributed by atoms with Crippen LogP contribution in [0, 0.1) is 0 Å². The summed E-state index contributed by atoms with van der Waals surface area (Å²) >= 11 is 0. The Kier molecular flexibility index (Phi) is 6.27. The molecule has 2 fully saturated rings. The summed E-state index contributed by atoms with van der Waals surface area (Å²) in [6.45, 7) is 5.19. The second-order valence-electron chi connectivity index (χ2n) is 8.11. The highest BCUT2D eigenvalue weighted by molar-refractivity contribution is 5.75. The van der Waals surface area contributed by atoms with E-state index in [2.05, 4.69) is 51.5 Å². The molecule has 0 spiro atoms. The molecule has 2 aromatic rings. The first kappa shape index (κ1) is 19.0. The maximum Gasteiger partial charge on any atom is 0.150 e. The number of aldehydes is 1. The van der Waals surface area contributed by atoms with Crippen LogP contribution in [-0.4, -0.2) is 43.4 Å². The van der Waals surface area contributed by atoms with E-state index >= 15 is 0 Å². The second kappa shape index (κ2) is 9.24. The molecule has 0 bridgehead atoms. The summed E-state index contributed by atoms with van der Waals surface area (Å²) in [6, 6.07) is 17.4. The number of hydrogen-bond acceptors (Lipinski definition) is 4. The first-order chi connectivity index (χ1) is 13.8. The van der Waals surface area contributed by atoms with Gasteiger partial charge in [-0.05, 0) is 48.7 Å². The van der Waals surface area contributed by atoms with Crippen molar-refractivity contribution < 1.29 is 4.79 Å². The quantitative estimate of drug-likeness (QED) is 0.748. The standard InChI is InChI=1S/C24H31N3O/c28-19-20-10-12-23(13-11-20)27-16-14-26(15-17-27)18-21-6-4-5-9-24(21)25-22-7-2-1-3-8-22/h4-6,9-13,19,22,25H,1-3,7-8,14-18H2. The lowest BCUT2D eigenvalue weighted by Gasteiger charge is -2.36. The minimum absolute atomic E-state index is 0.640. The Bertz CT molecular complexity index is 760. The average molecular weight is 378 g/mol. The lowest BCUT2D eigenvalue weighted by atomic mass is 9.95. The Morgan fingerprint density at radius 2 is 1.61 bits per heavy atom. The molecule has 1 aliphatic heterocycles. The molecule has 1 aliphatic carbocycles. The van der Waals surface area contributed by atoms with Crippen molar-refractivity contribution in [3.63, 3.8) is 0 Å². The summed E-state index contributed by atoms with van der Waals surface area (Å²) in [6.07, 6.45) is 7.61. The molecule has 1 N–H and O–H groups in total. The third-order valence-electron chi connectivity index (χ3n) is 6.14. The number of hydrogen-bond donors (Lipinski definition) is 1. The molecule has 1 heterocycles. The molecular formula is C24H31N3O. The van der Waals surface area contributed by atoms with Gasteiger partial charge in [-0.3, -0.25) is 9.69 Å². The van der Waals surface area contributed by atoms with Gasteiger partial charge in [0.1, 0.15) is 6.29 Å². The van der Waals surface area contributed by atoms with Gasteiger partial charge in [-0.2, -0.15) is 0 Å². The maximum absolute atomic E-state index is 10.8. The number of benzene rings is 2. The van der Waals surface area contributed by atoms with E-state index in [9.17, 15) is 4.79 Å². The fourth-order valence-corrected chi connectivity index (χ4v) is 4.43. The van der Waals surface area contributed by atoms with Crippen LogP contribution in [0.4, 0.5) is 11.4 Å². The third-order valence-corrected chi connectivity index (χ3v) is 6.14. The maximum atomic E-state index is 10.8. The summed E-state index contributed by atoms with van der Waals surface area (Å²) in [7, 11) is 0. The zero-order valence-corrected chi connectivity index (χ0v) is 16.6. The van der Waals surface area contributed by atoms with Crippen molar-refractivity contribution >= 4 is 17.7 Å². The number of carbonyl (C=O) groups excluding carboxylic acids is 1. The van der Waals surface area contributed by atoms with Gasteiger partial charge < -0.3 is 10.2 Å². The summed E-state index contributed by atoms with van der Waals surface area (Å²) in [5, 5.41) is 3.82. The number of anilines is 2. The van der Waals surface area contributed by atoms with Gasteiger partial charge in [0.05, 0.1) is 0 Å². The lowest BCUT2D eigenvalue weighted by molar-refractivity contribution is 0.112. The Balaban J connectivity index is 1.33. The van der Waals surface area contributed by atoms with E-state index in [0.29, 0.717) is 6.04 Å². The first-order valence-corrected chi connectivity index (χ1v) is 10.7. The van der Waals surface area contributed by atoms with Crippen molar-refractivity contribution in [2.24, 2.45) is 0 Å². The summed E-state index contributed by atoms with van der Waals surface area (Å²) in [5.41, 5.74) is 4.69. The largest absolute Gasteiger partial charge is 0.382 e. The van der Waals surface area contributed by atoms with Crippen molar-refractivity contribution in [3.05, 3.63) is 59.7 Å². The van der Waals surface area contributed by atoms with Crippen molar-refractivity contribution in [1.82, 2.24) is 4.90 Å². The van der Waals surface area contributed by atoms with Gasteiger partial charge in [0, 0.05) is 55.7 Å². The van der Waals surface area contributed by atoms with Crippen LogP contribution in [0.15, 0.2) is 48.5 Å². The van der Waals surface area contributed by atoms with Crippen molar-refractivity contribution in [2.45, 2.75) is 44.7 Å². The SMILES string of the molecule is O=Cc1ccc(N2CCN(Cc3ccccc3NC3CCCCC3)CC2)cc1. The number of nitrogens with zero attached hydrogens (tertiary/aromatic N) is 2. The first-order valence-electron chi connectivity index (χ1n) is 10.7. The molecule has 2 aliphatic rings. The molecule has 0 radical (unpaired) electrons. The van der Waals surface area contributed by atoms with Gasteiger partial charge >= 0.3 is 0 Å². The molecule has 0 atom stereocenters. The minimum atomic E-state index is 0.640. The van der Waals surface area contributed by atoms with Gasteiger partial charge in [0.15, 0.2) is 0 Å². The topological polar surface area (TPSA) is 35.6 Å². The highest BCUT2D eigenvalue weighted by Gasteiger charge is 2.19. The van der Waals surface area contributed by atoms with Gasteiger partial charge in [0.2, 0.25) is 0 Å². The number of nitrogens with one attached hydrogen (secondary N) is 1. The van der Waals surface area contributed by atoms with Gasteiger partial charge in [-0.1, -0.05) is 37.5 Å². The minimum Gasteiger partial charge on any atom is -0.382 e. The normalized spacial score (nSPS) is 18.8. The van der Waals surface area contributed by atoms with E-state index in [1.54, 1.807) is 0 Å². The van der Waals surface area contributed by atoms with Crippen molar-refractivity contribution in [3.8, 4) is 0 Å². The van der Waals surface area contributed by atoms with Crippen LogP contribution in [0.1, 0.15) is 48.0 Å². The van der Waals surface area contributed by atoms with Crippen LogP contribution < -0.4 is 10.2 Å². The highest BCUT2D eigenvalue weighted by Crippen LogP contribution is 2.25. The fourth-order valence-electron chi connectivity index (χ4n) is 4.43. The lowest BCUT2D eigenvalue weighted by Crippen LogP contribution is -2.46. The van der Waals surface area contributed by atoms with E-state index in [4.69, 9.17) is 0 Å². The predicted octanol–water partition coefficient (Wildman–Crippen LogP) is 4.57. The number of rotatable bonds is 6. The highest BCUT2D eigenvalue weighted by atomic mass is 16.1. The number of para-hydroxylation sites is 1. The molecule has 0 amide bonds. The Morgan fingerprint density at radius 3 is 2.32 bits per heavy atom. The van der Waals surface area contributed by atoms with Crippen LogP contribution in [0.5, 0.6) is 0 Å². The molecule has 1 saturated carbocycles. The van der Waals surface area contributed by atoms with E-state index in [0.717, 1.165) is 44.6 Å². The van der Waals surface area contributed by atoms with Crippen molar-refractivity contribution in [2.75, 3.05) is 36.4 Å². The summed E-state index contributed by atoms with van der Waals surface area (Å²) in [4.78, 5) is 15.8. The average Bonchev–Trinajstić information content (AvgIpc) is 2.76. The van der Waals surface area contributed by atoms with E-state index in [1.165, 1.54) is 49.0 Å². The van der Waals surface area contributed by atoms with Crippen molar-refractivity contribution in [1.29, 1.82) is 0 Å². The molecule has 4 rings (SSSR count). The van der Waals surface area contributed by atoms with Gasteiger partial charge in [-0.25, -0.2) is 0 Å². The molecule has 0 aromatic heterocycles. The molecule has 148 valence electrons. The fraction of sp³-hybridized carbons (Fsp3) is 0.458. The van der Waals surface area contributed by atoms with E-state index in [-0.39, 0.29) is 0 Å². The number of carbonyl (C=O) groups is 1. The van der Waals surface area contributed by atoms with Crippen LogP contribution >= 0.6 is 0 Å². The Labute approximate surface area is 168 Å². The molecule has 1 saturated heterocycles. The molecule has 2 aromatic carbocycles. The predicted molar refractivity (Wildman–Crippen MR) is 116 cm³/mol. The summed E-state index contributed by atoms with van der Waals surface area (Å²) < 4.78 is 0. The van der Waals surface area contributed by atoms with E-state index < -0.39 is 0 Å². The van der Waals surface area contributed by atoms with Crippen LogP contribution in [0.3, 0.4) is 0 Å². The smallest absolute Gasteiger partial charge is 0.150 e. The van der Waals surface area contributed by atoms with E-state index in [1.807, 2.05) is 12.1 Å². The molecule has 4 heteroatoms. The second-order valence-corrected chi connectivity index (χ2v) is 8.11. The third kappa shape index (κ3) is 4.74. The van der Waals surface area contributed by atoms with Crippen LogP contribution in [-0.2, 0) is 6.54 Å². The molecule has 28 heavy (non-hydrogen) atoms. The van der Waals surface area contributed by atoms with Gasteiger partial charge in [0.25, 0.3) is 0 Å². The van der Waals surface area contributed by atoms with Crippen LogP contribution in [0.25, 0.3) is 0 Å². The zero-order chi connectivity index (χ0) is 19.2. The Morgan fingerprint density at radius 1 is 0.893 bits per heavy atom. The zero-order valence-electron chi connectivity index (χ0n) is 16.6. The molecule has 0 unspecified atom stereocenters. The Hall–Kier alpha value is -2.33.